The number of hydrogen-bond donors (Lipinski definition) is 1. The zero-order valence-electron chi connectivity index (χ0n) is 13.2. The third-order valence-electron chi connectivity index (χ3n) is 3.72. The Bertz CT molecular complexity index is 954. The number of nitrogens with one attached hydrogen (secondary N) is 1. The van der Waals surface area contributed by atoms with E-state index in [2.05, 4.69) is 45.1 Å². The van der Waals surface area contributed by atoms with Crippen LogP contribution < -0.4 is 5.32 Å². The Labute approximate surface area is 147 Å². The molecule has 0 bridgehead atoms. The standard InChI is InChI=1S/C17H15N5S2/c1-11-9-13(12(2)22(11)17-19-7-8-23-17)14-10-24-16(20-14)21-15-5-3-4-6-18-15/h3-10H,1-2H3,(H,18,20,21). The van der Waals surface area contributed by atoms with Gasteiger partial charge in [0.2, 0.25) is 0 Å². The molecule has 4 aromatic rings. The zero-order valence-corrected chi connectivity index (χ0v) is 14.9. The van der Waals surface area contributed by atoms with Gasteiger partial charge in [-0.2, -0.15) is 0 Å². The lowest BCUT2D eigenvalue weighted by Gasteiger charge is -2.04. The summed E-state index contributed by atoms with van der Waals surface area (Å²) in [4.78, 5) is 13.4. The lowest BCUT2D eigenvalue weighted by atomic mass is 10.2. The average Bonchev–Trinajstić information content (AvgIpc) is 3.30. The van der Waals surface area contributed by atoms with Crippen molar-refractivity contribution in [1.82, 2.24) is 19.5 Å². The minimum absolute atomic E-state index is 0.798. The van der Waals surface area contributed by atoms with Crippen LogP contribution in [0.25, 0.3) is 16.4 Å². The Morgan fingerprint density at radius 2 is 2.00 bits per heavy atom. The van der Waals surface area contributed by atoms with Gasteiger partial charge in [0, 0.05) is 40.1 Å². The van der Waals surface area contributed by atoms with Crippen LogP contribution in [0.5, 0.6) is 0 Å². The molecule has 0 amide bonds. The maximum Gasteiger partial charge on any atom is 0.193 e. The van der Waals surface area contributed by atoms with Crippen LogP contribution in [-0.2, 0) is 0 Å². The number of pyridine rings is 1. The Balaban J connectivity index is 1.67. The Hall–Kier alpha value is -2.51. The number of hydrogen-bond acceptors (Lipinski definition) is 6. The van der Waals surface area contributed by atoms with Gasteiger partial charge in [0.1, 0.15) is 5.82 Å². The number of nitrogens with zero attached hydrogens (tertiary/aromatic N) is 4. The first-order valence-electron chi connectivity index (χ1n) is 7.45. The molecule has 1 N–H and O–H groups in total. The van der Waals surface area contributed by atoms with E-state index in [1.165, 1.54) is 0 Å². The van der Waals surface area contributed by atoms with E-state index in [1.807, 2.05) is 29.8 Å². The maximum absolute atomic E-state index is 4.71. The van der Waals surface area contributed by atoms with Crippen molar-refractivity contribution < 1.29 is 0 Å². The number of anilines is 2. The molecule has 0 aliphatic rings. The summed E-state index contributed by atoms with van der Waals surface area (Å²) in [7, 11) is 0. The van der Waals surface area contributed by atoms with Gasteiger partial charge < -0.3 is 5.32 Å². The first kappa shape index (κ1) is 15.0. The lowest BCUT2D eigenvalue weighted by molar-refractivity contribution is 0.951. The molecule has 24 heavy (non-hydrogen) atoms. The van der Waals surface area contributed by atoms with E-state index in [-0.39, 0.29) is 0 Å². The van der Waals surface area contributed by atoms with Crippen LogP contribution in [-0.4, -0.2) is 19.5 Å². The van der Waals surface area contributed by atoms with Gasteiger partial charge in [-0.05, 0) is 32.0 Å². The summed E-state index contributed by atoms with van der Waals surface area (Å²) in [6, 6.07) is 7.93. The van der Waals surface area contributed by atoms with Crippen molar-refractivity contribution >= 4 is 33.6 Å². The van der Waals surface area contributed by atoms with Gasteiger partial charge >= 0.3 is 0 Å². The molecule has 0 spiro atoms. The van der Waals surface area contributed by atoms with E-state index in [1.54, 1.807) is 28.9 Å². The normalized spacial score (nSPS) is 10.9. The molecule has 0 saturated heterocycles. The fourth-order valence-corrected chi connectivity index (χ4v) is 4.11. The molecule has 0 radical (unpaired) electrons. The summed E-state index contributed by atoms with van der Waals surface area (Å²) in [6.45, 7) is 4.20. The maximum atomic E-state index is 4.71. The summed E-state index contributed by atoms with van der Waals surface area (Å²) >= 11 is 3.21. The van der Waals surface area contributed by atoms with Crippen molar-refractivity contribution in [3.63, 3.8) is 0 Å². The van der Waals surface area contributed by atoms with Crippen LogP contribution in [0.3, 0.4) is 0 Å². The monoisotopic (exact) mass is 353 g/mol. The third-order valence-corrected chi connectivity index (χ3v) is 5.24. The molecule has 5 nitrogen and oxygen atoms in total. The number of thiazole rings is 2. The van der Waals surface area contributed by atoms with Gasteiger partial charge in [-0.15, -0.1) is 22.7 Å². The van der Waals surface area contributed by atoms with E-state index in [0.717, 1.165) is 38.7 Å². The third kappa shape index (κ3) is 2.72. The van der Waals surface area contributed by atoms with E-state index in [0.29, 0.717) is 0 Å². The molecule has 0 aliphatic carbocycles. The van der Waals surface area contributed by atoms with Crippen molar-refractivity contribution in [2.24, 2.45) is 0 Å². The largest absolute Gasteiger partial charge is 0.316 e. The molecule has 0 unspecified atom stereocenters. The molecular formula is C17H15N5S2. The van der Waals surface area contributed by atoms with E-state index in [9.17, 15) is 0 Å². The van der Waals surface area contributed by atoms with Crippen molar-refractivity contribution in [2.45, 2.75) is 13.8 Å². The van der Waals surface area contributed by atoms with E-state index >= 15 is 0 Å². The SMILES string of the molecule is Cc1cc(-c2csc(Nc3ccccn3)n2)c(C)n1-c1nccs1. The highest BCUT2D eigenvalue weighted by molar-refractivity contribution is 7.14. The van der Waals surface area contributed by atoms with Gasteiger partial charge in [-0.25, -0.2) is 15.0 Å². The molecule has 0 fully saturated rings. The molecule has 0 aromatic carbocycles. The molecule has 0 atom stereocenters. The molecule has 7 heteroatoms. The van der Waals surface area contributed by atoms with Crippen molar-refractivity contribution in [1.29, 1.82) is 0 Å². The van der Waals surface area contributed by atoms with Crippen LogP contribution in [0, 0.1) is 13.8 Å². The Morgan fingerprint density at radius 1 is 1.08 bits per heavy atom. The fourth-order valence-electron chi connectivity index (χ4n) is 2.64. The minimum atomic E-state index is 0.798. The number of rotatable bonds is 4. The van der Waals surface area contributed by atoms with Gasteiger partial charge in [-0.3, -0.25) is 4.57 Å². The molecular weight excluding hydrogens is 338 g/mol. The number of aromatic nitrogens is 4. The van der Waals surface area contributed by atoms with Crippen LogP contribution in [0.15, 0.2) is 47.4 Å². The molecule has 120 valence electrons. The first-order valence-corrected chi connectivity index (χ1v) is 9.21. The van der Waals surface area contributed by atoms with Gasteiger partial charge in [0.25, 0.3) is 0 Å². The molecule has 0 saturated carbocycles. The first-order chi connectivity index (χ1) is 11.7. The van der Waals surface area contributed by atoms with E-state index in [4.69, 9.17) is 4.98 Å². The summed E-state index contributed by atoms with van der Waals surface area (Å²) < 4.78 is 2.17. The highest BCUT2D eigenvalue weighted by Crippen LogP contribution is 2.32. The van der Waals surface area contributed by atoms with Gasteiger partial charge in [0.15, 0.2) is 10.3 Å². The average molecular weight is 353 g/mol. The molecule has 4 aromatic heterocycles. The van der Waals surface area contributed by atoms with E-state index < -0.39 is 0 Å². The fraction of sp³-hybridized carbons (Fsp3) is 0.118. The predicted octanol–water partition coefficient (Wildman–Crippen LogP) is 4.81. The van der Waals surface area contributed by atoms with Crippen LogP contribution in [0.4, 0.5) is 10.9 Å². The van der Waals surface area contributed by atoms with Crippen molar-refractivity contribution in [2.75, 3.05) is 5.32 Å². The topological polar surface area (TPSA) is 55.6 Å². The van der Waals surface area contributed by atoms with Gasteiger partial charge in [-0.1, -0.05) is 6.07 Å². The highest BCUT2D eigenvalue weighted by Gasteiger charge is 2.16. The Morgan fingerprint density at radius 3 is 2.75 bits per heavy atom. The lowest BCUT2D eigenvalue weighted by Crippen LogP contribution is -1.98. The second-order valence-corrected chi connectivity index (χ2v) is 7.04. The second kappa shape index (κ2) is 6.18. The van der Waals surface area contributed by atoms with Crippen molar-refractivity contribution in [3.05, 3.63) is 58.8 Å². The predicted molar refractivity (Wildman–Crippen MR) is 99.5 cm³/mol. The van der Waals surface area contributed by atoms with Crippen LogP contribution in [0.2, 0.25) is 0 Å². The summed E-state index contributed by atoms with van der Waals surface area (Å²) in [5.74, 6) is 0.798. The molecule has 4 heterocycles. The quantitative estimate of drug-likeness (QED) is 0.572. The van der Waals surface area contributed by atoms with Crippen LogP contribution in [0.1, 0.15) is 11.4 Å². The minimum Gasteiger partial charge on any atom is -0.316 e. The molecule has 4 rings (SSSR count). The number of aryl methyl sites for hydroxylation is 1. The smallest absolute Gasteiger partial charge is 0.193 e. The van der Waals surface area contributed by atoms with Gasteiger partial charge in [0.05, 0.1) is 5.69 Å². The van der Waals surface area contributed by atoms with Crippen LogP contribution >= 0.6 is 22.7 Å². The zero-order chi connectivity index (χ0) is 16.5. The summed E-state index contributed by atoms with van der Waals surface area (Å²) in [5, 5.41) is 9.12. The summed E-state index contributed by atoms with van der Waals surface area (Å²) in [5.41, 5.74) is 4.41. The summed E-state index contributed by atoms with van der Waals surface area (Å²) in [6.07, 6.45) is 3.59. The second-order valence-electron chi connectivity index (χ2n) is 5.31. The highest BCUT2D eigenvalue weighted by atomic mass is 32.1. The van der Waals surface area contributed by atoms with Crippen molar-refractivity contribution in [3.8, 4) is 16.4 Å². The molecule has 0 aliphatic heterocycles. The Kier molecular flexibility index (Phi) is 3.87.